The van der Waals surface area contributed by atoms with Gasteiger partial charge in [0, 0.05) is 34.7 Å². The highest BCUT2D eigenvalue weighted by atomic mass is 35.5. The largest absolute Gasteiger partial charge is 0.360 e. The minimum absolute atomic E-state index is 0.452. The highest BCUT2D eigenvalue weighted by Crippen LogP contribution is 2.26. The molecule has 2 nitrogen and oxygen atoms in total. The smallest absolute Gasteiger partial charge is 0.169 e. The SMILES string of the molecule is S=C(NC1CCCCCCC1)N(Cc1ccccc1)Cc1c(Cl)cccc1Cl. The molecular weight excluding hydrogens is 407 g/mol. The first-order valence-electron chi connectivity index (χ1n) is 10.2. The van der Waals surface area contributed by atoms with Crippen molar-refractivity contribution in [2.75, 3.05) is 0 Å². The van der Waals surface area contributed by atoms with Crippen LogP contribution in [-0.2, 0) is 13.1 Å². The molecule has 0 aromatic heterocycles. The number of hydrogen-bond donors (Lipinski definition) is 1. The summed E-state index contributed by atoms with van der Waals surface area (Å²) in [6, 6.07) is 16.5. The van der Waals surface area contributed by atoms with Crippen LogP contribution in [0.25, 0.3) is 0 Å². The standard InChI is InChI=1S/C23H28Cl2N2S/c24-21-14-9-15-22(25)20(21)17-27(16-18-10-5-4-6-11-18)23(28)26-19-12-7-2-1-3-8-13-19/h4-6,9-11,14-15,19H,1-3,7-8,12-13,16-17H2,(H,26,28). The zero-order chi connectivity index (χ0) is 19.8. The molecule has 28 heavy (non-hydrogen) atoms. The van der Waals surface area contributed by atoms with E-state index in [9.17, 15) is 0 Å². The number of nitrogens with one attached hydrogen (secondary N) is 1. The molecule has 0 aliphatic heterocycles. The molecule has 1 saturated carbocycles. The van der Waals surface area contributed by atoms with Crippen LogP contribution >= 0.6 is 35.4 Å². The first-order chi connectivity index (χ1) is 13.6. The Labute approximate surface area is 184 Å². The topological polar surface area (TPSA) is 15.3 Å². The molecule has 0 heterocycles. The molecule has 1 fully saturated rings. The average molecular weight is 435 g/mol. The molecule has 0 bridgehead atoms. The minimum atomic E-state index is 0.452. The Bertz CT molecular complexity index is 738. The second-order valence-electron chi connectivity index (χ2n) is 7.53. The van der Waals surface area contributed by atoms with Gasteiger partial charge in [0.25, 0.3) is 0 Å². The molecule has 0 atom stereocenters. The van der Waals surface area contributed by atoms with Gasteiger partial charge in [0.05, 0.1) is 0 Å². The third-order valence-electron chi connectivity index (χ3n) is 5.35. The van der Waals surface area contributed by atoms with Crippen molar-refractivity contribution in [2.45, 2.75) is 64.1 Å². The summed E-state index contributed by atoms with van der Waals surface area (Å²) in [6.45, 7) is 1.31. The molecule has 1 N–H and O–H groups in total. The van der Waals surface area contributed by atoms with Crippen molar-refractivity contribution in [3.05, 3.63) is 69.7 Å². The van der Waals surface area contributed by atoms with E-state index >= 15 is 0 Å². The molecule has 0 radical (unpaired) electrons. The Morgan fingerprint density at radius 1 is 0.857 bits per heavy atom. The van der Waals surface area contributed by atoms with Crippen molar-refractivity contribution < 1.29 is 0 Å². The fourth-order valence-corrected chi connectivity index (χ4v) is 4.56. The summed E-state index contributed by atoms with van der Waals surface area (Å²) < 4.78 is 0. The summed E-state index contributed by atoms with van der Waals surface area (Å²) in [6.07, 6.45) is 8.94. The van der Waals surface area contributed by atoms with E-state index in [2.05, 4.69) is 34.5 Å². The van der Waals surface area contributed by atoms with Crippen LogP contribution in [0.3, 0.4) is 0 Å². The summed E-state index contributed by atoms with van der Waals surface area (Å²) >= 11 is 18.7. The van der Waals surface area contributed by atoms with Gasteiger partial charge in [-0.15, -0.1) is 0 Å². The second kappa shape index (κ2) is 11.0. The maximum atomic E-state index is 6.44. The fourth-order valence-electron chi connectivity index (χ4n) is 3.74. The maximum Gasteiger partial charge on any atom is 0.169 e. The Balaban J connectivity index is 1.75. The van der Waals surface area contributed by atoms with E-state index in [1.54, 1.807) is 0 Å². The van der Waals surface area contributed by atoms with Crippen molar-refractivity contribution in [2.24, 2.45) is 0 Å². The van der Waals surface area contributed by atoms with E-state index in [4.69, 9.17) is 35.4 Å². The Morgan fingerprint density at radius 2 is 1.46 bits per heavy atom. The summed E-state index contributed by atoms with van der Waals surface area (Å²) in [5, 5.41) is 5.78. The molecule has 0 amide bonds. The molecule has 2 aromatic carbocycles. The van der Waals surface area contributed by atoms with Crippen LogP contribution in [-0.4, -0.2) is 16.1 Å². The van der Waals surface area contributed by atoms with Gasteiger partial charge in [-0.1, -0.05) is 91.7 Å². The van der Waals surface area contributed by atoms with Crippen LogP contribution in [0, 0.1) is 0 Å². The van der Waals surface area contributed by atoms with Gasteiger partial charge in [-0.05, 0) is 42.8 Å². The number of nitrogens with zero attached hydrogens (tertiary/aromatic N) is 1. The van der Waals surface area contributed by atoms with Crippen molar-refractivity contribution in [3.8, 4) is 0 Å². The van der Waals surface area contributed by atoms with E-state index in [0.29, 0.717) is 22.6 Å². The van der Waals surface area contributed by atoms with Crippen LogP contribution < -0.4 is 5.32 Å². The molecule has 150 valence electrons. The van der Waals surface area contributed by atoms with Crippen LogP contribution in [0.15, 0.2) is 48.5 Å². The van der Waals surface area contributed by atoms with E-state index in [-0.39, 0.29) is 0 Å². The van der Waals surface area contributed by atoms with Crippen molar-refractivity contribution in [3.63, 3.8) is 0 Å². The van der Waals surface area contributed by atoms with E-state index in [1.807, 2.05) is 24.3 Å². The van der Waals surface area contributed by atoms with E-state index in [0.717, 1.165) is 17.2 Å². The third kappa shape index (κ3) is 6.37. The number of hydrogen-bond acceptors (Lipinski definition) is 1. The molecule has 0 spiro atoms. The van der Waals surface area contributed by atoms with Gasteiger partial charge in [-0.2, -0.15) is 0 Å². The Kier molecular flexibility index (Phi) is 8.44. The minimum Gasteiger partial charge on any atom is -0.360 e. The maximum absolute atomic E-state index is 6.44. The molecule has 0 unspecified atom stereocenters. The first-order valence-corrected chi connectivity index (χ1v) is 11.3. The number of halogens is 2. The molecular formula is C23H28Cl2N2S. The van der Waals surface area contributed by atoms with Gasteiger partial charge in [0.1, 0.15) is 0 Å². The third-order valence-corrected chi connectivity index (χ3v) is 6.43. The summed E-state index contributed by atoms with van der Waals surface area (Å²) in [7, 11) is 0. The molecule has 5 heteroatoms. The highest BCUT2D eigenvalue weighted by Gasteiger charge is 2.19. The quantitative estimate of drug-likeness (QED) is 0.510. The van der Waals surface area contributed by atoms with Gasteiger partial charge in [-0.3, -0.25) is 0 Å². The highest BCUT2D eigenvalue weighted by molar-refractivity contribution is 7.80. The zero-order valence-corrected chi connectivity index (χ0v) is 18.5. The lowest BCUT2D eigenvalue weighted by molar-refractivity contribution is 0.370. The number of rotatable bonds is 5. The lowest BCUT2D eigenvalue weighted by Gasteiger charge is -2.30. The molecule has 1 aliphatic carbocycles. The summed E-state index contributed by atoms with van der Waals surface area (Å²) in [5.74, 6) is 0. The number of thiocarbonyl (C=S) groups is 1. The zero-order valence-electron chi connectivity index (χ0n) is 16.2. The van der Waals surface area contributed by atoms with Crippen molar-refractivity contribution in [1.29, 1.82) is 0 Å². The second-order valence-corrected chi connectivity index (χ2v) is 8.73. The van der Waals surface area contributed by atoms with E-state index in [1.165, 1.54) is 50.5 Å². The lowest BCUT2D eigenvalue weighted by atomic mass is 9.97. The predicted molar refractivity (Wildman–Crippen MR) is 124 cm³/mol. The Morgan fingerprint density at radius 3 is 2.11 bits per heavy atom. The van der Waals surface area contributed by atoms with Crippen LogP contribution in [0.2, 0.25) is 10.0 Å². The van der Waals surface area contributed by atoms with Gasteiger partial charge in [0.15, 0.2) is 5.11 Å². The Hall–Kier alpha value is -1.29. The summed E-state index contributed by atoms with van der Waals surface area (Å²) in [4.78, 5) is 2.18. The molecule has 3 rings (SSSR count). The van der Waals surface area contributed by atoms with Crippen LogP contribution in [0.1, 0.15) is 56.1 Å². The predicted octanol–water partition coefficient (Wildman–Crippen LogP) is 6.98. The average Bonchev–Trinajstić information content (AvgIpc) is 2.66. The van der Waals surface area contributed by atoms with E-state index < -0.39 is 0 Å². The fraction of sp³-hybridized carbons (Fsp3) is 0.435. The van der Waals surface area contributed by atoms with Crippen molar-refractivity contribution in [1.82, 2.24) is 10.2 Å². The number of benzene rings is 2. The molecule has 0 saturated heterocycles. The summed E-state index contributed by atoms with van der Waals surface area (Å²) in [5.41, 5.74) is 2.14. The lowest BCUT2D eigenvalue weighted by Crippen LogP contribution is -2.44. The van der Waals surface area contributed by atoms with Crippen LogP contribution in [0.4, 0.5) is 0 Å². The molecule has 1 aliphatic rings. The monoisotopic (exact) mass is 434 g/mol. The van der Waals surface area contributed by atoms with Gasteiger partial charge in [-0.25, -0.2) is 0 Å². The normalized spacial score (nSPS) is 15.5. The molecule has 2 aromatic rings. The van der Waals surface area contributed by atoms with Gasteiger partial charge >= 0.3 is 0 Å². The van der Waals surface area contributed by atoms with Crippen LogP contribution in [0.5, 0.6) is 0 Å². The van der Waals surface area contributed by atoms with Gasteiger partial charge in [0.2, 0.25) is 0 Å². The first kappa shape index (κ1) is 21.4. The van der Waals surface area contributed by atoms with Gasteiger partial charge < -0.3 is 10.2 Å². The van der Waals surface area contributed by atoms with Crippen molar-refractivity contribution >= 4 is 40.5 Å².